The van der Waals surface area contributed by atoms with E-state index in [1.165, 1.54) is 6.08 Å². The quantitative estimate of drug-likeness (QED) is 0.649. The lowest BCUT2D eigenvalue weighted by Gasteiger charge is -2.18. The summed E-state index contributed by atoms with van der Waals surface area (Å²) in [6.45, 7) is 3.64. The lowest BCUT2D eigenvalue weighted by atomic mass is 10.1. The first-order chi connectivity index (χ1) is 11.8. The third-order valence-electron chi connectivity index (χ3n) is 3.48. The summed E-state index contributed by atoms with van der Waals surface area (Å²) >= 11 is 0. The second-order valence-corrected chi connectivity index (χ2v) is 5.16. The number of anilines is 1. The largest absolute Gasteiger partial charge is 0.494 e. The van der Waals surface area contributed by atoms with Gasteiger partial charge >= 0.3 is 0 Å². The molecule has 0 saturated heterocycles. The Morgan fingerprint density at radius 2 is 1.88 bits per heavy atom. The number of rotatable bonds is 6. The van der Waals surface area contributed by atoms with E-state index in [0.717, 1.165) is 17.2 Å². The van der Waals surface area contributed by atoms with Crippen LogP contribution in [0, 0.1) is 0 Å². The van der Waals surface area contributed by atoms with Crippen LogP contribution in [-0.2, 0) is 0 Å². The van der Waals surface area contributed by atoms with Crippen LogP contribution < -0.4 is 19.5 Å². The average molecular weight is 325 g/mol. The summed E-state index contributed by atoms with van der Waals surface area (Å²) < 4.78 is 16.4. The normalized spacial score (nSPS) is 12.9. The van der Waals surface area contributed by atoms with Crippen LogP contribution in [0.5, 0.6) is 17.2 Å². The van der Waals surface area contributed by atoms with Gasteiger partial charge in [-0.15, -0.1) is 0 Å². The summed E-state index contributed by atoms with van der Waals surface area (Å²) in [6, 6.07) is 12.7. The highest BCUT2D eigenvalue weighted by atomic mass is 16.6. The van der Waals surface area contributed by atoms with Crippen molar-refractivity contribution >= 4 is 11.5 Å². The zero-order valence-electron chi connectivity index (χ0n) is 13.5. The summed E-state index contributed by atoms with van der Waals surface area (Å²) in [5.41, 5.74) is 1.44. The molecule has 0 bridgehead atoms. The lowest BCUT2D eigenvalue weighted by Crippen LogP contribution is -2.15. The Balaban J connectivity index is 1.60. The SMILES string of the molecule is CCOc1ccc(C(=O)C=CNc2ccc3c(c2)OCCO3)cc1. The van der Waals surface area contributed by atoms with E-state index in [0.29, 0.717) is 31.1 Å². The van der Waals surface area contributed by atoms with Gasteiger partial charge < -0.3 is 19.5 Å². The fraction of sp³-hybridized carbons (Fsp3) is 0.211. The summed E-state index contributed by atoms with van der Waals surface area (Å²) in [7, 11) is 0. The molecule has 0 unspecified atom stereocenters. The van der Waals surface area contributed by atoms with Crippen molar-refractivity contribution in [2.75, 3.05) is 25.1 Å². The minimum atomic E-state index is -0.0805. The zero-order valence-corrected chi connectivity index (χ0v) is 13.5. The summed E-state index contributed by atoms with van der Waals surface area (Å²) in [5, 5.41) is 3.07. The summed E-state index contributed by atoms with van der Waals surface area (Å²) in [6.07, 6.45) is 3.11. The topological polar surface area (TPSA) is 56.8 Å². The van der Waals surface area contributed by atoms with Gasteiger partial charge in [-0.1, -0.05) is 0 Å². The molecule has 3 rings (SSSR count). The van der Waals surface area contributed by atoms with Crippen LogP contribution in [0.2, 0.25) is 0 Å². The molecule has 0 fully saturated rings. The van der Waals surface area contributed by atoms with E-state index in [1.807, 2.05) is 25.1 Å². The van der Waals surface area contributed by atoms with Gasteiger partial charge in [0.2, 0.25) is 0 Å². The van der Waals surface area contributed by atoms with Crippen molar-refractivity contribution in [3.05, 3.63) is 60.3 Å². The molecule has 24 heavy (non-hydrogen) atoms. The highest BCUT2D eigenvalue weighted by molar-refractivity contribution is 6.04. The van der Waals surface area contributed by atoms with Gasteiger partial charge in [0.15, 0.2) is 17.3 Å². The Hall–Kier alpha value is -2.95. The fourth-order valence-corrected chi connectivity index (χ4v) is 2.33. The minimum Gasteiger partial charge on any atom is -0.494 e. The summed E-state index contributed by atoms with van der Waals surface area (Å²) in [4.78, 5) is 12.1. The van der Waals surface area contributed by atoms with E-state index in [9.17, 15) is 4.79 Å². The molecule has 124 valence electrons. The van der Waals surface area contributed by atoms with Crippen LogP contribution in [-0.4, -0.2) is 25.6 Å². The smallest absolute Gasteiger partial charge is 0.187 e. The number of carbonyl (C=O) groups is 1. The number of hydrogen-bond donors (Lipinski definition) is 1. The van der Waals surface area contributed by atoms with Crippen LogP contribution in [0.15, 0.2) is 54.7 Å². The molecule has 5 heteroatoms. The van der Waals surface area contributed by atoms with Crippen molar-refractivity contribution in [1.29, 1.82) is 0 Å². The number of nitrogens with one attached hydrogen (secondary N) is 1. The molecule has 1 heterocycles. The Morgan fingerprint density at radius 1 is 1.12 bits per heavy atom. The molecule has 0 aromatic heterocycles. The first-order valence-electron chi connectivity index (χ1n) is 7.86. The maximum absolute atomic E-state index is 12.1. The molecule has 0 atom stereocenters. The van der Waals surface area contributed by atoms with E-state index in [1.54, 1.807) is 30.5 Å². The van der Waals surface area contributed by atoms with Gasteiger partial charge in [0.05, 0.1) is 6.61 Å². The van der Waals surface area contributed by atoms with Crippen molar-refractivity contribution in [1.82, 2.24) is 0 Å². The van der Waals surface area contributed by atoms with Gasteiger partial charge in [-0.2, -0.15) is 0 Å². The second-order valence-electron chi connectivity index (χ2n) is 5.16. The van der Waals surface area contributed by atoms with Crippen molar-refractivity contribution in [3.8, 4) is 17.2 Å². The molecule has 2 aromatic carbocycles. The molecular weight excluding hydrogens is 306 g/mol. The molecule has 0 saturated carbocycles. The first-order valence-corrected chi connectivity index (χ1v) is 7.86. The number of carbonyl (C=O) groups excluding carboxylic acids is 1. The number of allylic oxidation sites excluding steroid dienone is 1. The molecule has 1 N–H and O–H groups in total. The Morgan fingerprint density at radius 3 is 2.62 bits per heavy atom. The van der Waals surface area contributed by atoms with E-state index in [2.05, 4.69) is 5.32 Å². The average Bonchev–Trinajstić information content (AvgIpc) is 2.62. The number of ether oxygens (including phenoxy) is 3. The standard InChI is InChI=1S/C19H19NO4/c1-2-22-16-6-3-14(4-7-16)17(21)9-10-20-15-5-8-18-19(13-15)24-12-11-23-18/h3-10,13,20H,2,11-12H2,1H3. The monoisotopic (exact) mass is 325 g/mol. The number of ketones is 1. The second kappa shape index (κ2) is 7.55. The van der Waals surface area contributed by atoms with E-state index in [-0.39, 0.29) is 5.78 Å². The predicted octanol–water partition coefficient (Wildman–Crippen LogP) is 3.67. The molecule has 1 aliphatic heterocycles. The predicted molar refractivity (Wildman–Crippen MR) is 92.1 cm³/mol. The van der Waals surface area contributed by atoms with Gasteiger partial charge in [0, 0.05) is 29.6 Å². The molecule has 0 aliphatic carbocycles. The number of hydrogen-bond acceptors (Lipinski definition) is 5. The van der Waals surface area contributed by atoms with Crippen LogP contribution in [0.4, 0.5) is 5.69 Å². The van der Waals surface area contributed by atoms with Crippen LogP contribution in [0.3, 0.4) is 0 Å². The van der Waals surface area contributed by atoms with Crippen molar-refractivity contribution in [2.45, 2.75) is 6.92 Å². The van der Waals surface area contributed by atoms with Crippen LogP contribution >= 0.6 is 0 Å². The molecule has 0 amide bonds. The number of fused-ring (bicyclic) bond motifs is 1. The van der Waals surface area contributed by atoms with E-state index >= 15 is 0 Å². The summed E-state index contributed by atoms with van der Waals surface area (Å²) in [5.74, 6) is 2.12. The molecule has 0 radical (unpaired) electrons. The van der Waals surface area contributed by atoms with Gasteiger partial charge in [0.1, 0.15) is 19.0 Å². The third-order valence-corrected chi connectivity index (χ3v) is 3.48. The third kappa shape index (κ3) is 3.87. The molecule has 0 spiro atoms. The minimum absolute atomic E-state index is 0.0805. The molecule has 5 nitrogen and oxygen atoms in total. The Labute approximate surface area is 140 Å². The molecular formula is C19H19NO4. The Bertz CT molecular complexity index is 738. The van der Waals surface area contributed by atoms with Gasteiger partial charge in [-0.3, -0.25) is 4.79 Å². The van der Waals surface area contributed by atoms with Gasteiger partial charge in [-0.05, 0) is 43.3 Å². The van der Waals surface area contributed by atoms with E-state index in [4.69, 9.17) is 14.2 Å². The highest BCUT2D eigenvalue weighted by Gasteiger charge is 2.11. The zero-order chi connectivity index (χ0) is 16.8. The Kier molecular flexibility index (Phi) is 5.01. The molecule has 1 aliphatic rings. The lowest BCUT2D eigenvalue weighted by molar-refractivity contribution is 0.104. The van der Waals surface area contributed by atoms with Crippen molar-refractivity contribution < 1.29 is 19.0 Å². The highest BCUT2D eigenvalue weighted by Crippen LogP contribution is 2.32. The maximum atomic E-state index is 12.1. The van der Waals surface area contributed by atoms with Crippen molar-refractivity contribution in [2.24, 2.45) is 0 Å². The first kappa shape index (κ1) is 15.9. The fourth-order valence-electron chi connectivity index (χ4n) is 2.33. The van der Waals surface area contributed by atoms with Crippen LogP contribution in [0.25, 0.3) is 0 Å². The molecule has 2 aromatic rings. The van der Waals surface area contributed by atoms with Gasteiger partial charge in [-0.25, -0.2) is 0 Å². The maximum Gasteiger partial charge on any atom is 0.187 e. The van der Waals surface area contributed by atoms with E-state index < -0.39 is 0 Å². The number of benzene rings is 2. The van der Waals surface area contributed by atoms with Crippen molar-refractivity contribution in [3.63, 3.8) is 0 Å². The van der Waals surface area contributed by atoms with Gasteiger partial charge in [0.25, 0.3) is 0 Å². The van der Waals surface area contributed by atoms with Crippen LogP contribution in [0.1, 0.15) is 17.3 Å².